The summed E-state index contributed by atoms with van der Waals surface area (Å²) in [6.45, 7) is 1.59. The first kappa shape index (κ1) is 16.4. The Morgan fingerprint density at radius 1 is 1.35 bits per heavy atom. The van der Waals surface area contributed by atoms with Gasteiger partial charge in [-0.15, -0.1) is 0 Å². The van der Waals surface area contributed by atoms with Gasteiger partial charge in [-0.2, -0.15) is 0 Å². The second kappa shape index (κ2) is 6.65. The summed E-state index contributed by atoms with van der Waals surface area (Å²) in [4.78, 5) is 24.4. The van der Waals surface area contributed by atoms with Crippen LogP contribution in [0, 0.1) is 17.6 Å². The molecule has 0 spiro atoms. The van der Waals surface area contributed by atoms with Crippen LogP contribution in [0.15, 0.2) is 12.1 Å². The van der Waals surface area contributed by atoms with E-state index in [-0.39, 0.29) is 6.54 Å². The molecule has 0 aromatic heterocycles. The smallest absolute Gasteiger partial charge is 0.310 e. The van der Waals surface area contributed by atoms with Crippen LogP contribution in [0.3, 0.4) is 0 Å². The average Bonchev–Trinajstić information content (AvgIpc) is 2.40. The molecule has 0 N–H and O–H groups in total. The van der Waals surface area contributed by atoms with Crippen LogP contribution in [0.5, 0.6) is 0 Å². The van der Waals surface area contributed by atoms with Crippen molar-refractivity contribution in [2.45, 2.75) is 6.92 Å². The first-order valence-electron chi connectivity index (χ1n) is 5.75. The Morgan fingerprint density at radius 3 is 2.50 bits per heavy atom. The third-order valence-corrected chi connectivity index (χ3v) is 3.03. The Balaban J connectivity index is 2.90. The molecule has 7 heteroatoms. The molecule has 0 heterocycles. The minimum atomic E-state index is -0.918. The van der Waals surface area contributed by atoms with Gasteiger partial charge in [0.2, 0.25) is 0 Å². The van der Waals surface area contributed by atoms with Crippen LogP contribution in [-0.4, -0.2) is 37.5 Å². The van der Waals surface area contributed by atoms with Crippen LogP contribution in [-0.2, 0) is 9.53 Å². The number of esters is 1. The number of benzene rings is 1. The summed E-state index contributed by atoms with van der Waals surface area (Å²) in [5.74, 6) is -3.61. The second-order valence-corrected chi connectivity index (χ2v) is 4.76. The van der Waals surface area contributed by atoms with E-state index >= 15 is 0 Å². The Labute approximate surface area is 120 Å². The maximum absolute atomic E-state index is 13.6. The maximum Gasteiger partial charge on any atom is 0.310 e. The quantitative estimate of drug-likeness (QED) is 0.634. The van der Waals surface area contributed by atoms with Gasteiger partial charge < -0.3 is 9.64 Å². The molecule has 4 nitrogen and oxygen atoms in total. The zero-order valence-electron chi connectivity index (χ0n) is 11.2. The van der Waals surface area contributed by atoms with Crippen molar-refractivity contribution in [1.82, 2.24) is 4.90 Å². The van der Waals surface area contributed by atoms with Crippen LogP contribution in [0.25, 0.3) is 0 Å². The van der Waals surface area contributed by atoms with E-state index in [1.54, 1.807) is 6.92 Å². The third-order valence-electron chi connectivity index (χ3n) is 2.74. The molecule has 0 saturated carbocycles. The molecular weight excluding hydrogens is 292 g/mol. The molecule has 0 aliphatic carbocycles. The van der Waals surface area contributed by atoms with Crippen LogP contribution in [0.1, 0.15) is 17.3 Å². The summed E-state index contributed by atoms with van der Waals surface area (Å²) in [5, 5.41) is -0.398. The summed E-state index contributed by atoms with van der Waals surface area (Å²) in [6.07, 6.45) is 0. The highest BCUT2D eigenvalue weighted by atomic mass is 35.5. The Morgan fingerprint density at radius 2 is 1.95 bits per heavy atom. The topological polar surface area (TPSA) is 46.6 Å². The van der Waals surface area contributed by atoms with E-state index in [0.29, 0.717) is 0 Å². The maximum atomic E-state index is 13.6. The number of carbonyl (C=O) groups is 2. The number of carbonyl (C=O) groups excluding carboxylic acids is 2. The minimum Gasteiger partial charge on any atom is -0.469 e. The number of ether oxygens (including phenoxy) is 1. The van der Waals surface area contributed by atoms with Crippen LogP contribution >= 0.6 is 11.6 Å². The summed E-state index contributed by atoms with van der Waals surface area (Å²) >= 11 is 5.41. The molecule has 1 atom stereocenters. The number of rotatable bonds is 4. The molecule has 1 aromatic carbocycles. The lowest BCUT2D eigenvalue weighted by atomic mass is 10.1. The number of methoxy groups -OCH3 is 1. The first-order valence-corrected chi connectivity index (χ1v) is 6.13. The van der Waals surface area contributed by atoms with Crippen molar-refractivity contribution in [3.05, 3.63) is 34.4 Å². The van der Waals surface area contributed by atoms with E-state index in [0.717, 1.165) is 17.0 Å². The van der Waals surface area contributed by atoms with E-state index in [1.165, 1.54) is 14.2 Å². The third kappa shape index (κ3) is 3.66. The highest BCUT2D eigenvalue weighted by molar-refractivity contribution is 6.30. The highest BCUT2D eigenvalue weighted by Gasteiger charge is 2.22. The fraction of sp³-hybridized carbons (Fsp3) is 0.385. The Hall–Kier alpha value is -1.69. The van der Waals surface area contributed by atoms with Gasteiger partial charge in [-0.05, 0) is 12.1 Å². The molecule has 1 aromatic rings. The van der Waals surface area contributed by atoms with Gasteiger partial charge in [-0.3, -0.25) is 9.59 Å². The van der Waals surface area contributed by atoms with Crippen molar-refractivity contribution in [3.8, 4) is 0 Å². The average molecular weight is 306 g/mol. The standard InChI is InChI=1S/C13H14ClF2NO3/c1-7(13(19)20-3)6-17(2)12(18)8-4-11(16)9(14)5-10(8)15/h4-5,7H,6H2,1-3H3. The first-order chi connectivity index (χ1) is 9.27. The Bertz CT molecular complexity index is 537. The summed E-state index contributed by atoms with van der Waals surface area (Å²) in [7, 11) is 2.61. The molecule has 20 heavy (non-hydrogen) atoms. The number of hydrogen-bond acceptors (Lipinski definition) is 3. The fourth-order valence-electron chi connectivity index (χ4n) is 1.66. The Kier molecular flexibility index (Phi) is 5.44. The van der Waals surface area contributed by atoms with Gasteiger partial charge in [0.05, 0.1) is 23.6 Å². The molecule has 0 aliphatic heterocycles. The normalized spacial score (nSPS) is 11.9. The zero-order valence-corrected chi connectivity index (χ0v) is 12.0. The monoisotopic (exact) mass is 305 g/mol. The van der Waals surface area contributed by atoms with Gasteiger partial charge in [0.15, 0.2) is 0 Å². The lowest BCUT2D eigenvalue weighted by Crippen LogP contribution is -2.34. The molecule has 0 radical (unpaired) electrons. The van der Waals surface area contributed by atoms with E-state index in [2.05, 4.69) is 4.74 Å². The van der Waals surface area contributed by atoms with Crippen molar-refractivity contribution in [2.24, 2.45) is 5.92 Å². The van der Waals surface area contributed by atoms with Crippen molar-refractivity contribution >= 4 is 23.5 Å². The largest absolute Gasteiger partial charge is 0.469 e. The predicted molar refractivity (Wildman–Crippen MR) is 69.5 cm³/mol. The SMILES string of the molecule is COC(=O)C(C)CN(C)C(=O)c1cc(F)c(Cl)cc1F. The van der Waals surface area contributed by atoms with E-state index in [4.69, 9.17) is 11.6 Å². The lowest BCUT2D eigenvalue weighted by Gasteiger charge is -2.20. The van der Waals surface area contributed by atoms with Crippen molar-refractivity contribution in [2.75, 3.05) is 20.7 Å². The van der Waals surface area contributed by atoms with E-state index in [9.17, 15) is 18.4 Å². The van der Waals surface area contributed by atoms with Crippen molar-refractivity contribution < 1.29 is 23.1 Å². The van der Waals surface area contributed by atoms with Gasteiger partial charge in [-0.1, -0.05) is 18.5 Å². The van der Waals surface area contributed by atoms with Gasteiger partial charge in [-0.25, -0.2) is 8.78 Å². The molecule has 1 amide bonds. The number of halogens is 3. The second-order valence-electron chi connectivity index (χ2n) is 4.36. The van der Waals surface area contributed by atoms with Gasteiger partial charge >= 0.3 is 5.97 Å². The van der Waals surface area contributed by atoms with Crippen LogP contribution in [0.4, 0.5) is 8.78 Å². The van der Waals surface area contributed by atoms with Gasteiger partial charge in [0.1, 0.15) is 11.6 Å². The molecule has 0 fully saturated rings. The molecular formula is C13H14ClF2NO3. The van der Waals surface area contributed by atoms with Crippen LogP contribution in [0.2, 0.25) is 5.02 Å². The van der Waals surface area contributed by atoms with Crippen LogP contribution < -0.4 is 0 Å². The molecule has 0 saturated heterocycles. The summed E-state index contributed by atoms with van der Waals surface area (Å²) in [6, 6.07) is 1.47. The van der Waals surface area contributed by atoms with Crippen molar-refractivity contribution in [3.63, 3.8) is 0 Å². The number of amides is 1. The van der Waals surface area contributed by atoms with Crippen molar-refractivity contribution in [1.29, 1.82) is 0 Å². The fourth-order valence-corrected chi connectivity index (χ4v) is 1.81. The molecule has 0 aliphatic rings. The summed E-state index contributed by atoms with van der Waals surface area (Å²) < 4.78 is 31.4. The van der Waals surface area contributed by atoms with E-state index in [1.807, 2.05) is 0 Å². The number of hydrogen-bond donors (Lipinski definition) is 0. The van der Waals surface area contributed by atoms with Gasteiger partial charge in [0.25, 0.3) is 5.91 Å². The highest BCUT2D eigenvalue weighted by Crippen LogP contribution is 2.20. The minimum absolute atomic E-state index is 0.0230. The molecule has 1 rings (SSSR count). The molecule has 1 unspecified atom stereocenters. The predicted octanol–water partition coefficient (Wildman–Crippen LogP) is 2.50. The summed E-state index contributed by atoms with van der Waals surface area (Å²) in [5.41, 5.74) is -0.438. The molecule has 110 valence electrons. The van der Waals surface area contributed by atoms with Gasteiger partial charge in [0, 0.05) is 13.6 Å². The lowest BCUT2D eigenvalue weighted by molar-refractivity contribution is -0.145. The zero-order chi connectivity index (χ0) is 15.4. The number of nitrogens with zero attached hydrogens (tertiary/aromatic N) is 1. The molecule has 0 bridgehead atoms. The van der Waals surface area contributed by atoms with E-state index < -0.39 is 40.0 Å².